The van der Waals surface area contributed by atoms with Gasteiger partial charge in [0.1, 0.15) is 18.2 Å². The second-order valence-corrected chi connectivity index (χ2v) is 4.11. The fourth-order valence-corrected chi connectivity index (χ4v) is 1.67. The van der Waals surface area contributed by atoms with Crippen molar-refractivity contribution in [3.05, 3.63) is 53.5 Å². The molecule has 0 saturated heterocycles. The first-order valence-electron chi connectivity index (χ1n) is 6.34. The van der Waals surface area contributed by atoms with Crippen LogP contribution >= 0.6 is 0 Å². The normalized spacial score (nSPS) is 9.67. The summed E-state index contributed by atoms with van der Waals surface area (Å²) in [6, 6.07) is 9.53. The number of hydrogen-bond donors (Lipinski definition) is 1. The summed E-state index contributed by atoms with van der Waals surface area (Å²) in [5.41, 5.74) is 6.61. The van der Waals surface area contributed by atoms with Gasteiger partial charge < -0.3 is 15.2 Å². The molecule has 0 atom stereocenters. The van der Waals surface area contributed by atoms with Crippen molar-refractivity contribution in [2.24, 2.45) is 5.73 Å². The van der Waals surface area contributed by atoms with Crippen molar-refractivity contribution in [3.63, 3.8) is 0 Å². The van der Waals surface area contributed by atoms with Gasteiger partial charge in [-0.2, -0.15) is 0 Å². The lowest BCUT2D eigenvalue weighted by molar-refractivity contribution is 0.296. The fraction of sp³-hybridized carbons (Fsp3) is 0.188. The van der Waals surface area contributed by atoms with E-state index in [1.165, 1.54) is 12.1 Å². The molecule has 0 unspecified atom stereocenters. The Bertz CT molecular complexity index is 677. The molecule has 1 heterocycles. The first-order valence-corrected chi connectivity index (χ1v) is 6.34. The zero-order chi connectivity index (χ0) is 15.1. The van der Waals surface area contributed by atoms with Gasteiger partial charge in [0.05, 0.1) is 24.9 Å². The highest BCUT2D eigenvalue weighted by molar-refractivity contribution is 5.46. The predicted octanol–water partition coefficient (Wildman–Crippen LogP) is 2.12. The molecule has 2 N–H and O–H groups in total. The molecule has 5 heteroatoms. The second-order valence-electron chi connectivity index (χ2n) is 4.11. The van der Waals surface area contributed by atoms with E-state index in [2.05, 4.69) is 16.8 Å². The van der Waals surface area contributed by atoms with Crippen LogP contribution in [0.15, 0.2) is 36.4 Å². The minimum atomic E-state index is -0.387. The van der Waals surface area contributed by atoms with Crippen molar-refractivity contribution < 1.29 is 13.9 Å². The molecule has 2 rings (SSSR count). The number of nitrogens with two attached hydrogens (primary N) is 1. The van der Waals surface area contributed by atoms with E-state index >= 15 is 0 Å². The Hall–Kier alpha value is -2.58. The maximum Gasteiger partial charge on any atom is 0.213 e. The van der Waals surface area contributed by atoms with Crippen molar-refractivity contribution in [3.8, 4) is 23.5 Å². The summed E-state index contributed by atoms with van der Waals surface area (Å²) in [6.45, 7) is 0.423. The maximum absolute atomic E-state index is 13.3. The van der Waals surface area contributed by atoms with Crippen LogP contribution in [0.25, 0.3) is 0 Å². The summed E-state index contributed by atoms with van der Waals surface area (Å²) in [6.07, 6.45) is 0. The largest absolute Gasteiger partial charge is 0.486 e. The standard InChI is InChI=1S/C16H15FN2O2/c1-20-16-6-2-5-14(19-16)11-21-15-10-13(17)8-7-12(15)4-3-9-18/h2,5-8,10H,9,11,18H2,1H3. The Kier molecular flexibility index (Phi) is 5.13. The lowest BCUT2D eigenvalue weighted by atomic mass is 10.2. The summed E-state index contributed by atoms with van der Waals surface area (Å²) < 4.78 is 24.0. The van der Waals surface area contributed by atoms with Crippen LogP contribution in [0.5, 0.6) is 11.6 Å². The van der Waals surface area contributed by atoms with Gasteiger partial charge in [0.25, 0.3) is 0 Å². The highest BCUT2D eigenvalue weighted by Crippen LogP contribution is 2.20. The van der Waals surface area contributed by atoms with E-state index in [0.717, 1.165) is 0 Å². The molecule has 0 spiro atoms. The van der Waals surface area contributed by atoms with Crippen LogP contribution in [0.2, 0.25) is 0 Å². The van der Waals surface area contributed by atoms with Crippen molar-refractivity contribution >= 4 is 0 Å². The predicted molar refractivity (Wildman–Crippen MR) is 77.5 cm³/mol. The molecule has 0 saturated carbocycles. The Labute approximate surface area is 122 Å². The number of aromatic nitrogens is 1. The quantitative estimate of drug-likeness (QED) is 0.875. The van der Waals surface area contributed by atoms with E-state index < -0.39 is 0 Å². The van der Waals surface area contributed by atoms with E-state index in [0.29, 0.717) is 22.9 Å². The lowest BCUT2D eigenvalue weighted by Gasteiger charge is -2.09. The van der Waals surface area contributed by atoms with Gasteiger partial charge in [-0.15, -0.1) is 0 Å². The molecule has 1 aromatic heterocycles. The summed E-state index contributed by atoms with van der Waals surface area (Å²) >= 11 is 0. The SMILES string of the molecule is COc1cccc(COc2cc(F)ccc2C#CCN)n1. The van der Waals surface area contributed by atoms with E-state index in [1.807, 2.05) is 6.07 Å². The van der Waals surface area contributed by atoms with Gasteiger partial charge in [0.15, 0.2) is 0 Å². The van der Waals surface area contributed by atoms with Crippen LogP contribution in [0.3, 0.4) is 0 Å². The molecule has 108 valence electrons. The number of nitrogens with zero attached hydrogens (tertiary/aromatic N) is 1. The second kappa shape index (κ2) is 7.27. The van der Waals surface area contributed by atoms with E-state index in [1.54, 1.807) is 25.3 Å². The van der Waals surface area contributed by atoms with Crippen LogP contribution in [-0.2, 0) is 6.61 Å². The number of methoxy groups -OCH3 is 1. The Morgan fingerprint density at radius 1 is 1.29 bits per heavy atom. The molecule has 0 aliphatic heterocycles. The molecular weight excluding hydrogens is 271 g/mol. The molecule has 0 bridgehead atoms. The average Bonchev–Trinajstić information content (AvgIpc) is 2.52. The molecule has 2 aromatic rings. The summed E-state index contributed by atoms with van der Waals surface area (Å²) in [7, 11) is 1.54. The maximum atomic E-state index is 13.3. The zero-order valence-electron chi connectivity index (χ0n) is 11.6. The van der Waals surface area contributed by atoms with E-state index in [9.17, 15) is 4.39 Å². The van der Waals surface area contributed by atoms with Gasteiger partial charge in [-0.05, 0) is 18.2 Å². The Morgan fingerprint density at radius 3 is 2.90 bits per heavy atom. The monoisotopic (exact) mass is 286 g/mol. The smallest absolute Gasteiger partial charge is 0.213 e. The van der Waals surface area contributed by atoms with Gasteiger partial charge in [-0.25, -0.2) is 9.37 Å². The molecule has 0 aliphatic rings. The topological polar surface area (TPSA) is 57.4 Å². The molecule has 0 amide bonds. The number of ether oxygens (including phenoxy) is 2. The Morgan fingerprint density at radius 2 is 2.14 bits per heavy atom. The van der Waals surface area contributed by atoms with Crippen LogP contribution in [0.1, 0.15) is 11.3 Å². The Balaban J connectivity index is 2.16. The highest BCUT2D eigenvalue weighted by Gasteiger charge is 2.05. The molecule has 0 aliphatic carbocycles. The number of hydrogen-bond acceptors (Lipinski definition) is 4. The van der Waals surface area contributed by atoms with Gasteiger partial charge >= 0.3 is 0 Å². The van der Waals surface area contributed by atoms with Gasteiger partial charge in [-0.3, -0.25) is 0 Å². The summed E-state index contributed by atoms with van der Waals surface area (Å²) in [5, 5.41) is 0. The van der Waals surface area contributed by atoms with Gasteiger partial charge in [0, 0.05) is 12.1 Å². The number of benzene rings is 1. The summed E-state index contributed by atoms with van der Waals surface area (Å²) in [4.78, 5) is 4.22. The van der Waals surface area contributed by atoms with E-state index in [-0.39, 0.29) is 19.0 Å². The van der Waals surface area contributed by atoms with Crippen molar-refractivity contribution in [2.75, 3.05) is 13.7 Å². The molecular formula is C16H15FN2O2. The van der Waals surface area contributed by atoms with E-state index in [4.69, 9.17) is 15.2 Å². The summed E-state index contributed by atoms with van der Waals surface area (Å²) in [5.74, 6) is 6.04. The van der Waals surface area contributed by atoms with Crippen LogP contribution < -0.4 is 15.2 Å². The van der Waals surface area contributed by atoms with Crippen LogP contribution in [-0.4, -0.2) is 18.6 Å². The minimum Gasteiger partial charge on any atom is -0.486 e. The lowest BCUT2D eigenvalue weighted by Crippen LogP contribution is -2.01. The molecule has 4 nitrogen and oxygen atoms in total. The minimum absolute atomic E-state index is 0.192. The van der Waals surface area contributed by atoms with Gasteiger partial charge in [-0.1, -0.05) is 17.9 Å². The average molecular weight is 286 g/mol. The van der Waals surface area contributed by atoms with Gasteiger partial charge in [0.2, 0.25) is 5.88 Å². The first-order chi connectivity index (χ1) is 10.2. The highest BCUT2D eigenvalue weighted by atomic mass is 19.1. The molecule has 0 radical (unpaired) electrons. The molecule has 1 aromatic carbocycles. The molecule has 21 heavy (non-hydrogen) atoms. The van der Waals surface area contributed by atoms with Crippen molar-refractivity contribution in [1.29, 1.82) is 0 Å². The number of rotatable bonds is 4. The van der Waals surface area contributed by atoms with Crippen LogP contribution in [0.4, 0.5) is 4.39 Å². The first kappa shape index (κ1) is 14.8. The zero-order valence-corrected chi connectivity index (χ0v) is 11.6. The van der Waals surface area contributed by atoms with Crippen molar-refractivity contribution in [1.82, 2.24) is 4.98 Å². The third-order valence-corrected chi connectivity index (χ3v) is 2.63. The molecule has 0 fully saturated rings. The number of halogens is 1. The number of pyridine rings is 1. The third kappa shape index (κ3) is 4.20. The van der Waals surface area contributed by atoms with Crippen molar-refractivity contribution in [2.45, 2.75) is 6.61 Å². The van der Waals surface area contributed by atoms with Crippen LogP contribution in [0, 0.1) is 17.7 Å². The third-order valence-electron chi connectivity index (χ3n) is 2.63. The fourth-order valence-electron chi connectivity index (χ4n) is 1.67.